The minimum atomic E-state index is -0.844. The van der Waals surface area contributed by atoms with Crippen LogP contribution in [0.3, 0.4) is 0 Å². The van der Waals surface area contributed by atoms with E-state index in [2.05, 4.69) is 5.32 Å². The third kappa shape index (κ3) is 3.82. The molecule has 1 aliphatic rings. The van der Waals surface area contributed by atoms with E-state index in [1.807, 2.05) is 31.2 Å². The molecule has 0 aliphatic heterocycles. The molecule has 0 radical (unpaired) electrons. The highest BCUT2D eigenvalue weighted by Crippen LogP contribution is 2.25. The lowest BCUT2D eigenvalue weighted by molar-refractivity contribution is -0.144. The Hall–Kier alpha value is -1.88. The lowest BCUT2D eigenvalue weighted by Gasteiger charge is -2.30. The van der Waals surface area contributed by atoms with E-state index in [1.54, 1.807) is 0 Å². The van der Waals surface area contributed by atoms with E-state index in [9.17, 15) is 14.7 Å². The van der Waals surface area contributed by atoms with Gasteiger partial charge >= 0.3 is 5.97 Å². The zero-order valence-corrected chi connectivity index (χ0v) is 12.2. The van der Waals surface area contributed by atoms with Crippen molar-refractivity contribution in [3.05, 3.63) is 35.4 Å². The number of carboxylic acids is 1. The Bertz CT molecular complexity index is 513. The molecule has 114 valence electrons. The fraction of sp³-hybridized carbons (Fsp3) is 0.500. The van der Waals surface area contributed by atoms with Gasteiger partial charge in [-0.2, -0.15) is 0 Å². The monoisotopic (exact) mass is 290 g/mol. The molecule has 4 N–H and O–H groups in total. The van der Waals surface area contributed by atoms with Crippen molar-refractivity contribution < 1.29 is 14.7 Å². The number of amides is 1. The first-order chi connectivity index (χ1) is 9.99. The van der Waals surface area contributed by atoms with Crippen LogP contribution in [-0.2, 0) is 9.59 Å². The number of hydrogen-bond acceptors (Lipinski definition) is 3. The second-order valence-corrected chi connectivity index (χ2v) is 5.73. The maximum atomic E-state index is 12.2. The van der Waals surface area contributed by atoms with Crippen LogP contribution in [0.1, 0.15) is 42.9 Å². The van der Waals surface area contributed by atoms with Crippen LogP contribution in [0.5, 0.6) is 0 Å². The van der Waals surface area contributed by atoms with Crippen molar-refractivity contribution in [3.63, 3.8) is 0 Å². The molecule has 0 bridgehead atoms. The molecule has 3 atom stereocenters. The highest BCUT2D eigenvalue weighted by molar-refractivity contribution is 5.84. The van der Waals surface area contributed by atoms with Gasteiger partial charge in [0, 0.05) is 6.04 Å². The van der Waals surface area contributed by atoms with Gasteiger partial charge in [0.2, 0.25) is 5.91 Å². The number of nitrogens with two attached hydrogens (primary N) is 1. The van der Waals surface area contributed by atoms with E-state index in [4.69, 9.17) is 5.73 Å². The van der Waals surface area contributed by atoms with Gasteiger partial charge in [-0.25, -0.2) is 0 Å². The fourth-order valence-corrected chi connectivity index (χ4v) is 2.80. The van der Waals surface area contributed by atoms with Gasteiger partial charge in [0.05, 0.1) is 5.92 Å². The van der Waals surface area contributed by atoms with Crippen LogP contribution < -0.4 is 11.1 Å². The Morgan fingerprint density at radius 1 is 1.24 bits per heavy atom. The number of carboxylic acid groups (broad SMARTS) is 1. The smallest absolute Gasteiger partial charge is 0.308 e. The van der Waals surface area contributed by atoms with Crippen LogP contribution in [-0.4, -0.2) is 23.0 Å². The van der Waals surface area contributed by atoms with Gasteiger partial charge in [0.25, 0.3) is 0 Å². The Kier molecular flexibility index (Phi) is 4.96. The molecular formula is C16H22N2O3. The minimum absolute atomic E-state index is 0.308. The van der Waals surface area contributed by atoms with Gasteiger partial charge in [-0.1, -0.05) is 42.7 Å². The molecule has 0 heterocycles. The van der Waals surface area contributed by atoms with Crippen molar-refractivity contribution >= 4 is 11.9 Å². The summed E-state index contributed by atoms with van der Waals surface area (Å²) >= 11 is 0. The summed E-state index contributed by atoms with van der Waals surface area (Å²) in [6, 6.07) is 6.39. The molecule has 1 aromatic carbocycles. The summed E-state index contributed by atoms with van der Waals surface area (Å²) in [6.07, 6.45) is 3.14. The predicted molar refractivity (Wildman–Crippen MR) is 79.6 cm³/mol. The number of carbonyl (C=O) groups is 2. The zero-order valence-electron chi connectivity index (χ0n) is 12.2. The van der Waals surface area contributed by atoms with Gasteiger partial charge in [0.15, 0.2) is 0 Å². The Balaban J connectivity index is 2.02. The van der Waals surface area contributed by atoms with Crippen molar-refractivity contribution in [1.29, 1.82) is 0 Å². The molecule has 0 saturated heterocycles. The quantitative estimate of drug-likeness (QED) is 0.787. The van der Waals surface area contributed by atoms with E-state index in [-0.39, 0.29) is 11.9 Å². The van der Waals surface area contributed by atoms with Crippen molar-refractivity contribution in [1.82, 2.24) is 5.32 Å². The van der Waals surface area contributed by atoms with Gasteiger partial charge in [-0.15, -0.1) is 0 Å². The summed E-state index contributed by atoms with van der Waals surface area (Å²) in [5.41, 5.74) is 7.81. The Morgan fingerprint density at radius 2 is 1.86 bits per heavy atom. The largest absolute Gasteiger partial charge is 0.481 e. The van der Waals surface area contributed by atoms with Gasteiger partial charge < -0.3 is 16.2 Å². The van der Waals surface area contributed by atoms with Crippen molar-refractivity contribution in [2.45, 2.75) is 44.7 Å². The first-order valence-corrected chi connectivity index (χ1v) is 7.34. The first kappa shape index (κ1) is 15.5. The molecule has 5 heteroatoms. The van der Waals surface area contributed by atoms with Crippen molar-refractivity contribution in [2.75, 3.05) is 0 Å². The summed E-state index contributed by atoms with van der Waals surface area (Å²) in [7, 11) is 0. The van der Waals surface area contributed by atoms with E-state index >= 15 is 0 Å². The van der Waals surface area contributed by atoms with Crippen LogP contribution in [0.15, 0.2) is 24.3 Å². The average Bonchev–Trinajstić information content (AvgIpc) is 2.47. The Morgan fingerprint density at radius 3 is 2.48 bits per heavy atom. The van der Waals surface area contributed by atoms with Crippen molar-refractivity contribution in [2.24, 2.45) is 11.7 Å². The minimum Gasteiger partial charge on any atom is -0.481 e. The van der Waals surface area contributed by atoms with E-state index in [0.29, 0.717) is 12.8 Å². The van der Waals surface area contributed by atoms with Crippen LogP contribution in [0, 0.1) is 12.8 Å². The summed E-state index contributed by atoms with van der Waals surface area (Å²) in [6.45, 7) is 1.97. The molecular weight excluding hydrogens is 268 g/mol. The molecule has 0 aromatic heterocycles. The SMILES string of the molecule is Cc1ccc(C(N)C(=O)NC2CCCCC2C(=O)O)cc1. The second-order valence-electron chi connectivity index (χ2n) is 5.73. The van der Waals surface area contributed by atoms with Crippen molar-refractivity contribution in [3.8, 4) is 0 Å². The number of aliphatic carboxylic acids is 1. The summed E-state index contributed by atoms with van der Waals surface area (Å²) < 4.78 is 0. The number of aryl methyl sites for hydroxylation is 1. The molecule has 1 aliphatic carbocycles. The number of nitrogens with one attached hydrogen (secondary N) is 1. The van der Waals surface area contributed by atoms with Crippen LogP contribution in [0.2, 0.25) is 0 Å². The summed E-state index contributed by atoms with van der Waals surface area (Å²) in [5, 5.41) is 12.0. The predicted octanol–water partition coefficient (Wildman–Crippen LogP) is 1.75. The second kappa shape index (κ2) is 6.72. The highest BCUT2D eigenvalue weighted by atomic mass is 16.4. The number of rotatable bonds is 4. The molecule has 0 spiro atoms. The van der Waals surface area contributed by atoms with E-state index < -0.39 is 17.9 Å². The van der Waals surface area contributed by atoms with Crippen LogP contribution in [0.4, 0.5) is 0 Å². The van der Waals surface area contributed by atoms with Crippen LogP contribution in [0.25, 0.3) is 0 Å². The van der Waals surface area contributed by atoms with E-state index in [1.165, 1.54) is 0 Å². The maximum Gasteiger partial charge on any atom is 0.308 e. The topological polar surface area (TPSA) is 92.4 Å². The molecule has 1 amide bonds. The highest BCUT2D eigenvalue weighted by Gasteiger charge is 2.32. The molecule has 1 fully saturated rings. The molecule has 1 aromatic rings. The zero-order chi connectivity index (χ0) is 15.4. The molecule has 1 saturated carbocycles. The number of carbonyl (C=O) groups excluding carboxylic acids is 1. The maximum absolute atomic E-state index is 12.2. The third-order valence-electron chi connectivity index (χ3n) is 4.13. The van der Waals surface area contributed by atoms with Gasteiger partial charge in [-0.05, 0) is 25.3 Å². The molecule has 3 unspecified atom stereocenters. The lowest BCUT2D eigenvalue weighted by atomic mass is 9.84. The Labute approximate surface area is 124 Å². The lowest BCUT2D eigenvalue weighted by Crippen LogP contribution is -2.47. The van der Waals surface area contributed by atoms with Crippen LogP contribution >= 0.6 is 0 Å². The number of hydrogen-bond donors (Lipinski definition) is 3. The first-order valence-electron chi connectivity index (χ1n) is 7.34. The average molecular weight is 290 g/mol. The van der Waals surface area contributed by atoms with Gasteiger partial charge in [0.1, 0.15) is 6.04 Å². The molecule has 5 nitrogen and oxygen atoms in total. The van der Waals surface area contributed by atoms with Gasteiger partial charge in [-0.3, -0.25) is 9.59 Å². The third-order valence-corrected chi connectivity index (χ3v) is 4.13. The molecule has 2 rings (SSSR count). The molecule has 21 heavy (non-hydrogen) atoms. The fourth-order valence-electron chi connectivity index (χ4n) is 2.80. The summed E-state index contributed by atoms with van der Waals surface area (Å²) in [4.78, 5) is 23.5. The number of benzene rings is 1. The summed E-state index contributed by atoms with van der Waals surface area (Å²) in [5.74, 6) is -1.66. The van der Waals surface area contributed by atoms with E-state index in [0.717, 1.165) is 24.0 Å². The normalized spacial score (nSPS) is 23.3. The standard InChI is InChI=1S/C16H22N2O3/c1-10-6-8-11(9-7-10)14(17)15(19)18-13-5-3-2-4-12(13)16(20)21/h6-9,12-14H,2-5,17H2,1H3,(H,18,19)(H,20,21).